The van der Waals surface area contributed by atoms with Crippen molar-refractivity contribution in [1.82, 2.24) is 15.3 Å². The maximum absolute atomic E-state index is 11.1. The van der Waals surface area contributed by atoms with Crippen LogP contribution in [-0.4, -0.2) is 21.9 Å². The van der Waals surface area contributed by atoms with Crippen LogP contribution in [0.1, 0.15) is 19.4 Å². The van der Waals surface area contributed by atoms with Crippen molar-refractivity contribution in [3.8, 4) is 22.6 Å². The Morgan fingerprint density at radius 2 is 1.54 bits per heavy atom. The highest BCUT2D eigenvalue weighted by atomic mass is 16.5. The van der Waals surface area contributed by atoms with Crippen LogP contribution in [0.5, 0.6) is 11.5 Å². The maximum atomic E-state index is 11.1. The Morgan fingerprint density at radius 1 is 0.962 bits per heavy atom. The Balaban J connectivity index is 1.64. The average Bonchev–Trinajstić information content (AvgIpc) is 2.63. The molecule has 1 aromatic heterocycles. The van der Waals surface area contributed by atoms with Gasteiger partial charge in [-0.25, -0.2) is 9.97 Å². The molecular formula is C21H21N3O2. The molecule has 0 aliphatic rings. The van der Waals surface area contributed by atoms with Gasteiger partial charge in [-0.2, -0.15) is 0 Å². The highest BCUT2D eigenvalue weighted by Gasteiger charge is 2.06. The molecule has 26 heavy (non-hydrogen) atoms. The van der Waals surface area contributed by atoms with Gasteiger partial charge in [0, 0.05) is 13.0 Å². The van der Waals surface area contributed by atoms with E-state index in [1.165, 1.54) is 18.8 Å². The normalized spacial score (nSPS) is 11.6. The van der Waals surface area contributed by atoms with Crippen molar-refractivity contribution in [2.45, 2.75) is 26.3 Å². The fraction of sp³-hybridized carbons (Fsp3) is 0.190. The third-order valence-electron chi connectivity index (χ3n) is 3.91. The second-order valence-corrected chi connectivity index (χ2v) is 6.20. The zero-order valence-electron chi connectivity index (χ0n) is 14.8. The van der Waals surface area contributed by atoms with E-state index in [-0.39, 0.29) is 11.9 Å². The van der Waals surface area contributed by atoms with Crippen LogP contribution in [-0.2, 0) is 11.2 Å². The smallest absolute Gasteiger partial charge is 0.217 e. The molecule has 5 nitrogen and oxygen atoms in total. The standard InChI is InChI=1S/C21H21N3O2/c1-15(24-16(2)25)11-17-3-5-18(6-4-17)19-7-9-20(10-8-19)26-21-12-22-14-23-13-21/h3-10,12-15H,11H2,1-2H3,(H,24,25). The molecule has 1 atom stereocenters. The number of carbonyl (C=O) groups is 1. The SMILES string of the molecule is CC(=O)NC(C)Cc1ccc(-c2ccc(Oc3cncnc3)cc2)cc1. The lowest BCUT2D eigenvalue weighted by Gasteiger charge is -2.13. The molecule has 3 aromatic rings. The van der Waals surface area contributed by atoms with E-state index in [2.05, 4.69) is 39.6 Å². The lowest BCUT2D eigenvalue weighted by molar-refractivity contribution is -0.119. The third kappa shape index (κ3) is 4.89. The summed E-state index contributed by atoms with van der Waals surface area (Å²) in [6.45, 7) is 3.55. The quantitative estimate of drug-likeness (QED) is 0.732. The molecule has 2 aromatic carbocycles. The summed E-state index contributed by atoms with van der Waals surface area (Å²) in [6, 6.07) is 16.4. The van der Waals surface area contributed by atoms with Crippen LogP contribution in [0.2, 0.25) is 0 Å². The first kappa shape index (κ1) is 17.6. The van der Waals surface area contributed by atoms with Crippen molar-refractivity contribution in [2.24, 2.45) is 0 Å². The van der Waals surface area contributed by atoms with Crippen LogP contribution < -0.4 is 10.1 Å². The summed E-state index contributed by atoms with van der Waals surface area (Å²) >= 11 is 0. The van der Waals surface area contributed by atoms with Crippen molar-refractivity contribution in [3.63, 3.8) is 0 Å². The zero-order chi connectivity index (χ0) is 18.4. The largest absolute Gasteiger partial charge is 0.454 e. The van der Waals surface area contributed by atoms with Gasteiger partial charge in [0.15, 0.2) is 5.75 Å². The van der Waals surface area contributed by atoms with Gasteiger partial charge in [-0.05, 0) is 42.2 Å². The Morgan fingerprint density at radius 3 is 2.12 bits per heavy atom. The van der Waals surface area contributed by atoms with E-state index in [1.54, 1.807) is 12.4 Å². The minimum atomic E-state index is -0.00139. The Bertz CT molecular complexity index is 847. The number of amides is 1. The first-order valence-corrected chi connectivity index (χ1v) is 8.49. The first-order chi connectivity index (χ1) is 12.6. The van der Waals surface area contributed by atoms with Crippen molar-refractivity contribution < 1.29 is 9.53 Å². The molecular weight excluding hydrogens is 326 g/mol. The lowest BCUT2D eigenvalue weighted by Crippen LogP contribution is -2.31. The van der Waals surface area contributed by atoms with Crippen molar-refractivity contribution >= 4 is 5.91 Å². The molecule has 0 fully saturated rings. The van der Waals surface area contributed by atoms with Crippen molar-refractivity contribution in [3.05, 3.63) is 72.8 Å². The van der Waals surface area contributed by atoms with Crippen molar-refractivity contribution in [1.29, 1.82) is 0 Å². The molecule has 1 unspecified atom stereocenters. The fourth-order valence-corrected chi connectivity index (χ4v) is 2.77. The van der Waals surface area contributed by atoms with Gasteiger partial charge in [0.05, 0.1) is 12.4 Å². The molecule has 132 valence electrons. The summed E-state index contributed by atoms with van der Waals surface area (Å²) in [5.41, 5.74) is 3.44. The number of rotatable bonds is 6. The molecule has 0 radical (unpaired) electrons. The van der Waals surface area contributed by atoms with Gasteiger partial charge in [-0.3, -0.25) is 4.79 Å². The van der Waals surface area contributed by atoms with E-state index in [4.69, 9.17) is 4.74 Å². The topological polar surface area (TPSA) is 64.1 Å². The molecule has 5 heteroatoms. The molecule has 1 N–H and O–H groups in total. The predicted octanol–water partition coefficient (Wildman–Crippen LogP) is 4.00. The van der Waals surface area contributed by atoms with Gasteiger partial charge < -0.3 is 10.1 Å². The summed E-state index contributed by atoms with van der Waals surface area (Å²) in [5.74, 6) is 1.35. The van der Waals surface area contributed by atoms with Crippen LogP contribution in [0.3, 0.4) is 0 Å². The first-order valence-electron chi connectivity index (χ1n) is 8.49. The second-order valence-electron chi connectivity index (χ2n) is 6.20. The van der Waals surface area contributed by atoms with E-state index in [0.29, 0.717) is 5.75 Å². The summed E-state index contributed by atoms with van der Waals surface area (Å²) in [7, 11) is 0. The number of aromatic nitrogens is 2. The fourth-order valence-electron chi connectivity index (χ4n) is 2.77. The molecule has 0 saturated heterocycles. The molecule has 0 aliphatic carbocycles. The van der Waals surface area contributed by atoms with Crippen LogP contribution in [0.25, 0.3) is 11.1 Å². The number of hydrogen-bond acceptors (Lipinski definition) is 4. The van der Waals surface area contributed by atoms with Gasteiger partial charge in [-0.15, -0.1) is 0 Å². The second kappa shape index (κ2) is 8.25. The molecule has 0 saturated carbocycles. The number of nitrogens with one attached hydrogen (secondary N) is 1. The Hall–Kier alpha value is -3.21. The highest BCUT2D eigenvalue weighted by molar-refractivity contribution is 5.73. The summed E-state index contributed by atoms with van der Waals surface area (Å²) in [5, 5.41) is 2.90. The molecule has 0 bridgehead atoms. The van der Waals surface area contributed by atoms with E-state index in [0.717, 1.165) is 23.3 Å². The summed E-state index contributed by atoms with van der Waals surface area (Å²) in [4.78, 5) is 19.0. The van der Waals surface area contributed by atoms with E-state index in [1.807, 2.05) is 31.2 Å². The summed E-state index contributed by atoms with van der Waals surface area (Å²) < 4.78 is 5.70. The van der Waals surface area contributed by atoms with Crippen LogP contribution in [0.4, 0.5) is 0 Å². The zero-order valence-corrected chi connectivity index (χ0v) is 14.8. The molecule has 1 heterocycles. The molecule has 1 amide bonds. The number of benzene rings is 2. The van der Waals surface area contributed by atoms with Gasteiger partial charge >= 0.3 is 0 Å². The number of carbonyl (C=O) groups excluding carboxylic acids is 1. The molecule has 0 aliphatic heterocycles. The van der Waals surface area contributed by atoms with E-state index in [9.17, 15) is 4.79 Å². The van der Waals surface area contributed by atoms with Crippen LogP contribution in [0, 0.1) is 0 Å². The highest BCUT2D eigenvalue weighted by Crippen LogP contribution is 2.25. The average molecular weight is 347 g/mol. The number of ether oxygens (including phenoxy) is 1. The van der Waals surface area contributed by atoms with Crippen LogP contribution >= 0.6 is 0 Å². The Labute approximate surface area is 153 Å². The summed E-state index contributed by atoms with van der Waals surface area (Å²) in [6.07, 6.45) is 5.53. The van der Waals surface area contributed by atoms with E-state index >= 15 is 0 Å². The monoisotopic (exact) mass is 347 g/mol. The van der Waals surface area contributed by atoms with Gasteiger partial charge in [0.25, 0.3) is 0 Å². The van der Waals surface area contributed by atoms with Crippen molar-refractivity contribution in [2.75, 3.05) is 0 Å². The Kier molecular flexibility index (Phi) is 5.59. The molecule has 0 spiro atoms. The molecule has 3 rings (SSSR count). The predicted molar refractivity (Wildman–Crippen MR) is 101 cm³/mol. The minimum absolute atomic E-state index is 0.00139. The number of nitrogens with zero attached hydrogens (tertiary/aromatic N) is 2. The minimum Gasteiger partial charge on any atom is -0.454 e. The maximum Gasteiger partial charge on any atom is 0.217 e. The third-order valence-corrected chi connectivity index (χ3v) is 3.91. The van der Waals surface area contributed by atoms with Gasteiger partial charge in [-0.1, -0.05) is 36.4 Å². The van der Waals surface area contributed by atoms with Gasteiger partial charge in [0.2, 0.25) is 5.91 Å². The lowest BCUT2D eigenvalue weighted by atomic mass is 10.0. The van der Waals surface area contributed by atoms with Crippen LogP contribution in [0.15, 0.2) is 67.3 Å². The van der Waals surface area contributed by atoms with Gasteiger partial charge in [0.1, 0.15) is 12.1 Å². The van der Waals surface area contributed by atoms with E-state index < -0.39 is 0 Å². The number of hydrogen-bond donors (Lipinski definition) is 1.